The molecule has 7 heteroatoms. The number of carbonyl (C=O) groups excluding carboxylic acids is 1. The van der Waals surface area contributed by atoms with Crippen LogP contribution < -0.4 is 10.9 Å². The Bertz CT molecular complexity index is 879. The number of hydrogen-bond acceptors (Lipinski definition) is 4. The van der Waals surface area contributed by atoms with Crippen LogP contribution in [-0.2, 0) is 26.7 Å². The van der Waals surface area contributed by atoms with E-state index in [1.165, 1.54) is 42.4 Å². The molecule has 1 aliphatic heterocycles. The summed E-state index contributed by atoms with van der Waals surface area (Å²) in [6.07, 6.45) is 8.32. The molecule has 7 nitrogen and oxygen atoms in total. The SMILES string of the molecule is Cn1cccc(C(=O)NCc2cc3n(n2)CCN(C2CCCCC2)C3)c1=O. The molecule has 3 heterocycles. The van der Waals surface area contributed by atoms with Crippen LogP contribution in [-0.4, -0.2) is 37.7 Å². The Labute approximate surface area is 159 Å². The molecule has 0 saturated heterocycles. The van der Waals surface area contributed by atoms with Crippen molar-refractivity contribution >= 4 is 5.91 Å². The molecular weight excluding hydrogens is 342 g/mol. The highest BCUT2D eigenvalue weighted by molar-refractivity contribution is 5.93. The largest absolute Gasteiger partial charge is 0.346 e. The molecule has 1 saturated carbocycles. The molecule has 1 fully saturated rings. The van der Waals surface area contributed by atoms with Crippen LogP contribution in [0.2, 0.25) is 0 Å². The van der Waals surface area contributed by atoms with Gasteiger partial charge in [0.2, 0.25) is 0 Å². The summed E-state index contributed by atoms with van der Waals surface area (Å²) in [5, 5.41) is 7.45. The molecule has 2 aromatic heterocycles. The molecule has 1 amide bonds. The minimum Gasteiger partial charge on any atom is -0.346 e. The molecule has 0 atom stereocenters. The number of nitrogens with zero attached hydrogens (tertiary/aromatic N) is 4. The number of nitrogens with one attached hydrogen (secondary N) is 1. The standard InChI is InChI=1S/C20H27N5O2/c1-23-9-5-8-18(20(23)27)19(26)21-13-15-12-17-14-24(10-11-25(17)22-15)16-6-3-2-4-7-16/h5,8-9,12,16H,2-4,6-7,10-11,13-14H2,1H3,(H,21,26). The van der Waals surface area contributed by atoms with Crippen LogP contribution in [0.1, 0.15) is 53.8 Å². The molecule has 0 aromatic carbocycles. The number of aryl methyl sites for hydroxylation is 1. The van der Waals surface area contributed by atoms with E-state index in [1.54, 1.807) is 25.4 Å². The van der Waals surface area contributed by atoms with E-state index in [1.807, 2.05) is 0 Å². The third-order valence-corrected chi connectivity index (χ3v) is 5.77. The van der Waals surface area contributed by atoms with Gasteiger partial charge in [-0.1, -0.05) is 19.3 Å². The van der Waals surface area contributed by atoms with Crippen molar-refractivity contribution in [2.45, 2.75) is 57.8 Å². The Kier molecular flexibility index (Phi) is 5.11. The van der Waals surface area contributed by atoms with Crippen molar-refractivity contribution in [1.82, 2.24) is 24.6 Å². The van der Waals surface area contributed by atoms with E-state index in [0.717, 1.165) is 25.3 Å². The number of pyridine rings is 1. The van der Waals surface area contributed by atoms with Crippen molar-refractivity contribution in [3.05, 3.63) is 51.7 Å². The highest BCUT2D eigenvalue weighted by atomic mass is 16.2. The van der Waals surface area contributed by atoms with Crippen molar-refractivity contribution < 1.29 is 4.79 Å². The molecule has 144 valence electrons. The lowest BCUT2D eigenvalue weighted by Gasteiger charge is -2.36. The summed E-state index contributed by atoms with van der Waals surface area (Å²) < 4.78 is 3.46. The number of rotatable bonds is 4. The normalized spacial score (nSPS) is 18.3. The summed E-state index contributed by atoms with van der Waals surface area (Å²) in [5.41, 5.74) is 1.93. The van der Waals surface area contributed by atoms with Gasteiger partial charge < -0.3 is 9.88 Å². The second-order valence-electron chi connectivity index (χ2n) is 7.63. The average molecular weight is 369 g/mol. The number of fused-ring (bicyclic) bond motifs is 1. The molecule has 27 heavy (non-hydrogen) atoms. The predicted octanol–water partition coefficient (Wildman–Crippen LogP) is 1.66. The van der Waals surface area contributed by atoms with Gasteiger partial charge >= 0.3 is 0 Å². The van der Waals surface area contributed by atoms with Gasteiger partial charge in [-0.25, -0.2) is 0 Å². The second kappa shape index (κ2) is 7.68. The summed E-state index contributed by atoms with van der Waals surface area (Å²) in [5.74, 6) is -0.356. The number of aromatic nitrogens is 3. The Hall–Kier alpha value is -2.41. The Morgan fingerprint density at radius 3 is 2.89 bits per heavy atom. The summed E-state index contributed by atoms with van der Waals surface area (Å²) in [6.45, 7) is 3.22. The third-order valence-electron chi connectivity index (χ3n) is 5.77. The van der Waals surface area contributed by atoms with E-state index in [0.29, 0.717) is 12.6 Å². The number of carbonyl (C=O) groups is 1. The predicted molar refractivity (Wildman–Crippen MR) is 102 cm³/mol. The Morgan fingerprint density at radius 1 is 1.26 bits per heavy atom. The Balaban J connectivity index is 1.39. The van der Waals surface area contributed by atoms with Crippen LogP contribution in [0.25, 0.3) is 0 Å². The van der Waals surface area contributed by atoms with Gasteiger partial charge in [-0.15, -0.1) is 0 Å². The molecule has 0 bridgehead atoms. The van der Waals surface area contributed by atoms with Crippen molar-refractivity contribution in [1.29, 1.82) is 0 Å². The summed E-state index contributed by atoms with van der Waals surface area (Å²) in [6, 6.07) is 6.04. The van der Waals surface area contributed by atoms with E-state index in [9.17, 15) is 9.59 Å². The van der Waals surface area contributed by atoms with E-state index < -0.39 is 0 Å². The van der Waals surface area contributed by atoms with Gasteiger partial charge in [-0.2, -0.15) is 5.10 Å². The van der Waals surface area contributed by atoms with Crippen LogP contribution in [0.4, 0.5) is 0 Å². The first-order valence-electron chi connectivity index (χ1n) is 9.85. The highest BCUT2D eigenvalue weighted by Gasteiger charge is 2.26. The van der Waals surface area contributed by atoms with Gasteiger partial charge in [0.05, 0.1) is 24.5 Å². The van der Waals surface area contributed by atoms with E-state index in [2.05, 4.69) is 26.1 Å². The van der Waals surface area contributed by atoms with Gasteiger partial charge in [-0.05, 0) is 31.0 Å². The maximum absolute atomic E-state index is 12.3. The molecule has 1 aliphatic carbocycles. The lowest BCUT2D eigenvalue weighted by molar-refractivity contribution is 0.0948. The van der Waals surface area contributed by atoms with E-state index in [4.69, 9.17) is 0 Å². The third kappa shape index (κ3) is 3.83. The Morgan fingerprint density at radius 2 is 2.07 bits per heavy atom. The summed E-state index contributed by atoms with van der Waals surface area (Å²) in [7, 11) is 1.64. The molecular formula is C20H27N5O2. The van der Waals surface area contributed by atoms with Gasteiger partial charge in [0.1, 0.15) is 5.56 Å². The molecule has 0 radical (unpaired) electrons. The van der Waals surface area contributed by atoms with Gasteiger partial charge in [0.15, 0.2) is 0 Å². The van der Waals surface area contributed by atoms with Crippen molar-refractivity contribution in [3.8, 4) is 0 Å². The van der Waals surface area contributed by atoms with Crippen LogP contribution in [0.15, 0.2) is 29.2 Å². The monoisotopic (exact) mass is 369 g/mol. The zero-order chi connectivity index (χ0) is 18.8. The maximum Gasteiger partial charge on any atom is 0.263 e. The quantitative estimate of drug-likeness (QED) is 0.890. The molecule has 1 N–H and O–H groups in total. The zero-order valence-corrected chi connectivity index (χ0v) is 15.9. The van der Waals surface area contributed by atoms with Crippen LogP contribution in [0.5, 0.6) is 0 Å². The van der Waals surface area contributed by atoms with Crippen LogP contribution in [0, 0.1) is 0 Å². The lowest BCUT2D eigenvalue weighted by atomic mass is 9.94. The summed E-state index contributed by atoms with van der Waals surface area (Å²) in [4.78, 5) is 27.0. The van der Waals surface area contributed by atoms with Crippen molar-refractivity contribution in [2.75, 3.05) is 6.54 Å². The number of hydrogen-bond donors (Lipinski definition) is 1. The zero-order valence-electron chi connectivity index (χ0n) is 15.9. The molecule has 0 spiro atoms. The second-order valence-corrected chi connectivity index (χ2v) is 7.63. The van der Waals surface area contributed by atoms with E-state index in [-0.39, 0.29) is 17.0 Å². The maximum atomic E-state index is 12.3. The fraction of sp³-hybridized carbons (Fsp3) is 0.550. The fourth-order valence-corrected chi connectivity index (χ4v) is 4.23. The summed E-state index contributed by atoms with van der Waals surface area (Å²) >= 11 is 0. The smallest absolute Gasteiger partial charge is 0.263 e. The molecule has 2 aromatic rings. The minimum absolute atomic E-state index is 0.160. The van der Waals surface area contributed by atoms with Crippen molar-refractivity contribution in [3.63, 3.8) is 0 Å². The highest BCUT2D eigenvalue weighted by Crippen LogP contribution is 2.26. The average Bonchev–Trinajstić information content (AvgIpc) is 3.11. The number of amides is 1. The van der Waals surface area contributed by atoms with Crippen LogP contribution in [0.3, 0.4) is 0 Å². The van der Waals surface area contributed by atoms with E-state index >= 15 is 0 Å². The molecule has 0 unspecified atom stereocenters. The first kappa shape index (κ1) is 18.0. The van der Waals surface area contributed by atoms with Gasteiger partial charge in [-0.3, -0.25) is 19.2 Å². The van der Waals surface area contributed by atoms with Crippen LogP contribution >= 0.6 is 0 Å². The van der Waals surface area contributed by atoms with Crippen molar-refractivity contribution in [2.24, 2.45) is 7.05 Å². The minimum atomic E-state index is -0.356. The topological polar surface area (TPSA) is 72.2 Å². The molecule has 2 aliphatic rings. The molecule has 4 rings (SSSR count). The first-order chi connectivity index (χ1) is 13.1. The lowest BCUT2D eigenvalue weighted by Crippen LogP contribution is -2.42. The first-order valence-corrected chi connectivity index (χ1v) is 9.85. The van der Waals surface area contributed by atoms with Gasteiger partial charge in [0, 0.05) is 32.4 Å². The fourth-order valence-electron chi connectivity index (χ4n) is 4.23. The van der Waals surface area contributed by atoms with Gasteiger partial charge in [0.25, 0.3) is 11.5 Å².